The number of aromatic nitrogens is 2. The molecule has 9 heteroatoms. The number of benzene rings is 1. The molecule has 1 aromatic carbocycles. The fraction of sp³-hybridized carbons (Fsp3) is 0.312. The predicted octanol–water partition coefficient (Wildman–Crippen LogP) is 3.43. The summed E-state index contributed by atoms with van der Waals surface area (Å²) in [5.41, 5.74) is -1.27. The van der Waals surface area contributed by atoms with Crippen LogP contribution in [0.5, 0.6) is 0 Å². The van der Waals surface area contributed by atoms with Crippen molar-refractivity contribution in [1.29, 1.82) is 0 Å². The van der Waals surface area contributed by atoms with Gasteiger partial charge in [-0.2, -0.15) is 18.3 Å². The molecule has 1 amide bonds. The monoisotopic (exact) mass is 371 g/mol. The second-order valence-corrected chi connectivity index (χ2v) is 6.20. The molecule has 25 heavy (non-hydrogen) atoms. The lowest BCUT2D eigenvalue weighted by molar-refractivity contribution is -0.137. The van der Waals surface area contributed by atoms with E-state index in [1.54, 1.807) is 6.07 Å². The third-order valence-electron chi connectivity index (χ3n) is 3.74. The van der Waals surface area contributed by atoms with Gasteiger partial charge in [-0.1, -0.05) is 11.6 Å². The number of carbonyl (C=O) groups excluding carboxylic acids is 1. The highest BCUT2D eigenvalue weighted by atomic mass is 35.5. The maximum Gasteiger partial charge on any atom is 0.418 e. The van der Waals surface area contributed by atoms with Crippen molar-refractivity contribution in [1.82, 2.24) is 9.78 Å². The fourth-order valence-corrected chi connectivity index (χ4v) is 2.53. The van der Waals surface area contributed by atoms with Gasteiger partial charge in [0.2, 0.25) is 5.91 Å². The number of carbonyl (C=O) groups is 1. The normalized spacial score (nSPS) is 14.4. The highest BCUT2D eigenvalue weighted by Crippen LogP contribution is 2.38. The molecule has 1 aliphatic rings. The molecule has 0 atom stereocenters. The summed E-state index contributed by atoms with van der Waals surface area (Å²) in [7, 11) is 0. The molecule has 1 heterocycles. The van der Waals surface area contributed by atoms with Gasteiger partial charge in [0.15, 0.2) is 0 Å². The number of anilines is 1. The summed E-state index contributed by atoms with van der Waals surface area (Å²) >= 11 is 5.59. The summed E-state index contributed by atoms with van der Waals surface area (Å²) in [5, 5.41) is 6.17. The zero-order chi connectivity index (χ0) is 18.2. The van der Waals surface area contributed by atoms with Crippen LogP contribution in [-0.2, 0) is 17.5 Å². The molecule has 0 unspecified atom stereocenters. The van der Waals surface area contributed by atoms with Crippen molar-refractivity contribution in [2.24, 2.45) is 0 Å². The van der Waals surface area contributed by atoms with Gasteiger partial charge >= 0.3 is 6.18 Å². The Morgan fingerprint density at radius 3 is 2.64 bits per heavy atom. The Balaban J connectivity index is 1.80. The zero-order valence-electron chi connectivity index (χ0n) is 12.8. The second-order valence-electron chi connectivity index (χ2n) is 5.76. The quantitative estimate of drug-likeness (QED) is 0.895. The van der Waals surface area contributed by atoms with E-state index in [0.29, 0.717) is 5.69 Å². The molecular weight excluding hydrogens is 359 g/mol. The summed E-state index contributed by atoms with van der Waals surface area (Å²) in [4.78, 5) is 23.9. The van der Waals surface area contributed by atoms with Crippen LogP contribution in [0.4, 0.5) is 18.9 Å². The number of rotatable bonds is 4. The van der Waals surface area contributed by atoms with Crippen LogP contribution in [0.3, 0.4) is 0 Å². The van der Waals surface area contributed by atoms with E-state index in [0.717, 1.165) is 29.7 Å². The Morgan fingerprint density at radius 2 is 2.00 bits per heavy atom. The lowest BCUT2D eigenvalue weighted by Gasteiger charge is -2.14. The van der Waals surface area contributed by atoms with Gasteiger partial charge in [-0.05, 0) is 37.1 Å². The molecule has 0 bridgehead atoms. The highest BCUT2D eigenvalue weighted by molar-refractivity contribution is 6.30. The zero-order valence-corrected chi connectivity index (χ0v) is 13.6. The number of hydrogen-bond acceptors (Lipinski definition) is 3. The van der Waals surface area contributed by atoms with E-state index in [1.807, 2.05) is 0 Å². The number of hydrogen-bond donors (Lipinski definition) is 1. The van der Waals surface area contributed by atoms with Crippen molar-refractivity contribution < 1.29 is 18.0 Å². The number of alkyl halides is 3. The van der Waals surface area contributed by atoms with Crippen LogP contribution in [-0.4, -0.2) is 15.7 Å². The Kier molecular flexibility index (Phi) is 4.55. The molecule has 0 aliphatic heterocycles. The van der Waals surface area contributed by atoms with Crippen LogP contribution >= 0.6 is 11.6 Å². The van der Waals surface area contributed by atoms with Gasteiger partial charge in [0.1, 0.15) is 6.54 Å². The molecule has 0 saturated heterocycles. The largest absolute Gasteiger partial charge is 0.418 e. The Hall–Kier alpha value is -2.35. The Bertz CT molecular complexity index is 876. The third-order valence-corrected chi connectivity index (χ3v) is 3.97. The number of halogens is 4. The minimum Gasteiger partial charge on any atom is -0.324 e. The summed E-state index contributed by atoms with van der Waals surface area (Å²) in [6, 6.07) is 5.95. The van der Waals surface area contributed by atoms with Crippen LogP contribution in [0, 0.1) is 0 Å². The van der Waals surface area contributed by atoms with Gasteiger partial charge in [-0.3, -0.25) is 9.59 Å². The molecule has 1 aliphatic carbocycles. The van der Waals surface area contributed by atoms with Crippen LogP contribution in [0.25, 0.3) is 0 Å². The smallest absolute Gasteiger partial charge is 0.324 e. The van der Waals surface area contributed by atoms with Gasteiger partial charge in [0, 0.05) is 17.0 Å². The first kappa shape index (κ1) is 17.5. The van der Waals surface area contributed by atoms with E-state index < -0.39 is 35.4 Å². The summed E-state index contributed by atoms with van der Waals surface area (Å²) < 4.78 is 40.1. The van der Waals surface area contributed by atoms with Gasteiger partial charge in [-0.15, -0.1) is 0 Å². The first-order valence-corrected chi connectivity index (χ1v) is 7.86. The van der Waals surface area contributed by atoms with Crippen LogP contribution in [0.1, 0.15) is 30.0 Å². The highest BCUT2D eigenvalue weighted by Gasteiger charge is 2.34. The van der Waals surface area contributed by atoms with Crippen molar-refractivity contribution in [3.05, 3.63) is 57.0 Å². The number of nitrogens with one attached hydrogen (secondary N) is 1. The second kappa shape index (κ2) is 6.51. The molecule has 1 N–H and O–H groups in total. The van der Waals surface area contributed by atoms with Crippen molar-refractivity contribution in [3.63, 3.8) is 0 Å². The van der Waals surface area contributed by atoms with Crippen molar-refractivity contribution in [2.75, 3.05) is 5.32 Å². The number of amides is 1. The van der Waals surface area contributed by atoms with Gasteiger partial charge in [0.05, 0.1) is 16.9 Å². The topological polar surface area (TPSA) is 64.0 Å². The predicted molar refractivity (Wildman–Crippen MR) is 85.6 cm³/mol. The van der Waals surface area contributed by atoms with Crippen LogP contribution in [0.2, 0.25) is 5.02 Å². The van der Waals surface area contributed by atoms with Gasteiger partial charge in [-0.25, -0.2) is 4.68 Å². The Labute approximate surface area is 145 Å². The average molecular weight is 372 g/mol. The molecule has 0 spiro atoms. The summed E-state index contributed by atoms with van der Waals surface area (Å²) in [5.74, 6) is -0.502. The van der Waals surface area contributed by atoms with E-state index >= 15 is 0 Å². The van der Waals surface area contributed by atoms with E-state index in [-0.39, 0.29) is 10.9 Å². The minimum absolute atomic E-state index is 0.0969. The van der Waals surface area contributed by atoms with Gasteiger partial charge in [0.25, 0.3) is 5.56 Å². The summed E-state index contributed by atoms with van der Waals surface area (Å²) in [6.07, 6.45) is -2.73. The fourth-order valence-electron chi connectivity index (χ4n) is 2.36. The molecular formula is C16H13ClF3N3O2. The maximum atomic E-state index is 13.0. The van der Waals surface area contributed by atoms with E-state index in [4.69, 9.17) is 11.6 Å². The van der Waals surface area contributed by atoms with Gasteiger partial charge < -0.3 is 5.32 Å². The SMILES string of the molecule is O=C(Cn1nc(C2CC2)ccc1=O)Nc1ccc(Cl)cc1C(F)(F)F. The molecule has 5 nitrogen and oxygen atoms in total. The van der Waals surface area contributed by atoms with Crippen LogP contribution < -0.4 is 10.9 Å². The number of nitrogens with zero attached hydrogens (tertiary/aromatic N) is 2. The first-order chi connectivity index (χ1) is 11.7. The van der Waals surface area contributed by atoms with Crippen molar-refractivity contribution in [3.8, 4) is 0 Å². The molecule has 2 aromatic rings. The molecule has 3 rings (SSSR count). The lowest BCUT2D eigenvalue weighted by atomic mass is 10.1. The van der Waals surface area contributed by atoms with Crippen LogP contribution in [0.15, 0.2) is 35.1 Å². The molecule has 0 radical (unpaired) electrons. The maximum absolute atomic E-state index is 13.0. The molecule has 1 aromatic heterocycles. The van der Waals surface area contributed by atoms with E-state index in [1.165, 1.54) is 12.1 Å². The molecule has 1 fully saturated rings. The van der Waals surface area contributed by atoms with Crippen molar-refractivity contribution >= 4 is 23.2 Å². The van der Waals surface area contributed by atoms with E-state index in [2.05, 4.69) is 10.4 Å². The third kappa shape index (κ3) is 4.19. The standard InChI is InChI=1S/C16H13ClF3N3O2/c17-10-3-4-13(11(7-10)16(18,19)20)21-14(24)8-23-15(25)6-5-12(22-23)9-1-2-9/h3-7,9H,1-2,8H2,(H,21,24). The summed E-state index contributed by atoms with van der Waals surface area (Å²) in [6.45, 7) is -0.473. The minimum atomic E-state index is -4.67. The lowest BCUT2D eigenvalue weighted by Crippen LogP contribution is -2.30. The molecule has 132 valence electrons. The first-order valence-electron chi connectivity index (χ1n) is 7.49. The average Bonchev–Trinajstić information content (AvgIpc) is 3.35. The van der Waals surface area contributed by atoms with E-state index in [9.17, 15) is 22.8 Å². The molecule has 1 saturated carbocycles. The Morgan fingerprint density at radius 1 is 1.28 bits per heavy atom. The van der Waals surface area contributed by atoms with Crippen molar-refractivity contribution in [2.45, 2.75) is 31.5 Å².